The molecule has 1 rings (SSSR count). The second-order valence-corrected chi connectivity index (χ2v) is 5.21. The van der Waals surface area contributed by atoms with Gasteiger partial charge in [-0.15, -0.1) is 0 Å². The lowest BCUT2D eigenvalue weighted by atomic mass is 9.97. The van der Waals surface area contributed by atoms with Crippen LogP contribution in [-0.4, -0.2) is 31.6 Å². The Bertz CT molecular complexity index is 521. The number of hydrogen-bond acceptors (Lipinski definition) is 3. The summed E-state index contributed by atoms with van der Waals surface area (Å²) >= 11 is -2.38. The zero-order valence-electron chi connectivity index (χ0n) is 11.9. The number of hydrogen-bond donors (Lipinski definition) is 1. The number of amides is 1. The Hall–Kier alpha value is -1.66. The van der Waals surface area contributed by atoms with Crippen molar-refractivity contribution in [2.24, 2.45) is 0 Å². The summed E-state index contributed by atoms with van der Waals surface area (Å²) in [6.07, 6.45) is 6.98. The van der Waals surface area contributed by atoms with Gasteiger partial charge in [0.25, 0.3) is 0 Å². The second kappa shape index (κ2) is 7.21. The molecular weight excluding hydrogens is 276 g/mol. The zero-order chi connectivity index (χ0) is 15.3. The maximum atomic E-state index is 11.5. The second-order valence-electron chi connectivity index (χ2n) is 4.38. The van der Waals surface area contributed by atoms with Crippen LogP contribution < -0.4 is 5.32 Å². The largest absolute Gasteiger partial charge is 0.755 e. The van der Waals surface area contributed by atoms with Gasteiger partial charge in [0, 0.05) is 24.7 Å². The molecule has 0 saturated heterocycles. The summed E-state index contributed by atoms with van der Waals surface area (Å²) in [4.78, 5) is 11.0. The third-order valence-electron chi connectivity index (χ3n) is 3.04. The highest BCUT2D eigenvalue weighted by atomic mass is 32.2. The first-order valence-electron chi connectivity index (χ1n) is 6.25. The van der Waals surface area contributed by atoms with Crippen molar-refractivity contribution >= 4 is 17.2 Å². The molecule has 0 aromatic rings. The van der Waals surface area contributed by atoms with Crippen molar-refractivity contribution in [2.45, 2.75) is 26.8 Å². The molecule has 1 amide bonds. The topological polar surface area (TPSA) is 72.5 Å². The summed E-state index contributed by atoms with van der Waals surface area (Å²) in [6.45, 7) is 8.95. The van der Waals surface area contributed by atoms with E-state index in [-0.39, 0.29) is 11.9 Å². The van der Waals surface area contributed by atoms with Crippen LogP contribution in [0.2, 0.25) is 0 Å². The fourth-order valence-corrected chi connectivity index (χ4v) is 2.83. The fraction of sp³-hybridized carbons (Fsp3) is 0.357. The van der Waals surface area contributed by atoms with E-state index >= 15 is 0 Å². The number of rotatable bonds is 4. The number of allylic oxidation sites excluding steroid dienone is 4. The summed E-state index contributed by atoms with van der Waals surface area (Å²) in [5.74, 6) is -0.154. The molecule has 20 heavy (non-hydrogen) atoms. The molecule has 0 fully saturated rings. The third kappa shape index (κ3) is 3.68. The fourth-order valence-electron chi connectivity index (χ4n) is 2.07. The average Bonchev–Trinajstić information content (AvgIpc) is 2.37. The molecule has 5 nitrogen and oxygen atoms in total. The van der Waals surface area contributed by atoms with Gasteiger partial charge in [-0.05, 0) is 31.1 Å². The molecule has 0 spiro atoms. The number of nitrogens with one attached hydrogen (secondary N) is 1. The molecule has 0 bridgehead atoms. The lowest BCUT2D eigenvalue weighted by molar-refractivity contribution is -0.118. The minimum atomic E-state index is -2.38. The van der Waals surface area contributed by atoms with Crippen molar-refractivity contribution < 1.29 is 13.6 Å². The van der Waals surface area contributed by atoms with E-state index in [9.17, 15) is 13.6 Å². The maximum Gasteiger partial charge on any atom is 0.217 e. The van der Waals surface area contributed by atoms with Gasteiger partial charge in [-0.2, -0.15) is 0 Å². The predicted octanol–water partition coefficient (Wildman–Crippen LogP) is 1.56. The van der Waals surface area contributed by atoms with Crippen molar-refractivity contribution in [1.29, 1.82) is 0 Å². The van der Waals surface area contributed by atoms with E-state index in [2.05, 4.69) is 11.9 Å². The van der Waals surface area contributed by atoms with Crippen molar-refractivity contribution in [3.63, 3.8) is 0 Å². The molecule has 1 unspecified atom stereocenters. The van der Waals surface area contributed by atoms with Gasteiger partial charge in [-0.25, -0.2) is 0 Å². The molecule has 2 atom stereocenters. The summed E-state index contributed by atoms with van der Waals surface area (Å²) in [5, 5.41) is 2.69. The van der Waals surface area contributed by atoms with E-state index in [4.69, 9.17) is 0 Å². The quantitative estimate of drug-likeness (QED) is 0.800. The Morgan fingerprint density at radius 3 is 2.75 bits per heavy atom. The highest BCUT2D eigenvalue weighted by Gasteiger charge is 2.27. The van der Waals surface area contributed by atoms with Crippen LogP contribution in [0.4, 0.5) is 0 Å². The first kappa shape index (κ1) is 16.4. The molecule has 0 radical (unpaired) electrons. The molecule has 1 N–H and O–H groups in total. The highest BCUT2D eigenvalue weighted by molar-refractivity contribution is 7.76. The minimum Gasteiger partial charge on any atom is -0.755 e. The first-order chi connectivity index (χ1) is 9.42. The normalized spacial score (nSPS) is 24.5. The molecule has 110 valence electrons. The summed E-state index contributed by atoms with van der Waals surface area (Å²) < 4.78 is 24.3. The van der Waals surface area contributed by atoms with E-state index in [1.165, 1.54) is 11.2 Å². The van der Waals surface area contributed by atoms with Crippen molar-refractivity contribution in [3.8, 4) is 0 Å². The molecule has 1 aliphatic heterocycles. The summed E-state index contributed by atoms with van der Waals surface area (Å²) in [6, 6.07) is -0.339. The molecule has 0 saturated carbocycles. The van der Waals surface area contributed by atoms with Gasteiger partial charge in [0.05, 0.1) is 11.7 Å². The molecule has 6 heteroatoms. The highest BCUT2D eigenvalue weighted by Crippen LogP contribution is 2.30. The van der Waals surface area contributed by atoms with Crippen LogP contribution in [0.3, 0.4) is 0 Å². The third-order valence-corrected chi connectivity index (χ3v) is 3.87. The van der Waals surface area contributed by atoms with Gasteiger partial charge < -0.3 is 9.87 Å². The van der Waals surface area contributed by atoms with Gasteiger partial charge in [0.1, 0.15) is 0 Å². The van der Waals surface area contributed by atoms with Crippen LogP contribution in [-0.2, 0) is 16.1 Å². The Balaban J connectivity index is 3.24. The van der Waals surface area contributed by atoms with E-state index in [1.54, 1.807) is 32.1 Å². The van der Waals surface area contributed by atoms with Gasteiger partial charge >= 0.3 is 0 Å². The van der Waals surface area contributed by atoms with Crippen molar-refractivity contribution in [3.05, 3.63) is 47.7 Å². The van der Waals surface area contributed by atoms with Gasteiger partial charge in [0.2, 0.25) is 5.91 Å². The molecule has 1 heterocycles. The Kier molecular flexibility index (Phi) is 5.91. The predicted molar refractivity (Wildman–Crippen MR) is 79.0 cm³/mol. The van der Waals surface area contributed by atoms with Crippen LogP contribution in [0.25, 0.3) is 0 Å². The van der Waals surface area contributed by atoms with Crippen LogP contribution in [0.5, 0.6) is 0 Å². The average molecular weight is 295 g/mol. The summed E-state index contributed by atoms with van der Waals surface area (Å²) in [7, 11) is 0. The first-order valence-corrected chi connectivity index (χ1v) is 7.28. The Morgan fingerprint density at radius 2 is 2.30 bits per heavy atom. The Morgan fingerprint density at radius 1 is 1.65 bits per heavy atom. The lowest BCUT2D eigenvalue weighted by Crippen LogP contribution is -2.41. The number of carbonyl (C=O) groups is 1. The van der Waals surface area contributed by atoms with E-state index in [1.807, 2.05) is 6.08 Å². The zero-order valence-corrected chi connectivity index (χ0v) is 12.7. The van der Waals surface area contributed by atoms with Crippen molar-refractivity contribution in [1.82, 2.24) is 9.62 Å². The molecular formula is C14H19N2O3S-. The summed E-state index contributed by atoms with van der Waals surface area (Å²) in [5.41, 5.74) is 2.19. The minimum absolute atomic E-state index is 0.154. The van der Waals surface area contributed by atoms with Crippen LogP contribution in [0.15, 0.2) is 47.7 Å². The van der Waals surface area contributed by atoms with Crippen LogP contribution in [0.1, 0.15) is 20.8 Å². The van der Waals surface area contributed by atoms with E-state index in [0.717, 1.165) is 11.1 Å². The van der Waals surface area contributed by atoms with Gasteiger partial charge in [-0.1, -0.05) is 24.8 Å². The molecule has 0 aromatic heterocycles. The Labute approximate surface area is 122 Å². The van der Waals surface area contributed by atoms with Crippen LogP contribution in [0, 0.1) is 0 Å². The molecule has 1 aliphatic rings. The van der Waals surface area contributed by atoms with E-state index in [0.29, 0.717) is 12.2 Å². The van der Waals surface area contributed by atoms with Gasteiger partial charge in [0.15, 0.2) is 0 Å². The smallest absolute Gasteiger partial charge is 0.217 e. The molecule has 0 aromatic carbocycles. The monoisotopic (exact) mass is 295 g/mol. The van der Waals surface area contributed by atoms with Crippen LogP contribution >= 0.6 is 0 Å². The molecule has 0 aliphatic carbocycles. The number of carbonyl (C=O) groups excluding carboxylic acids is 1. The van der Waals surface area contributed by atoms with Gasteiger partial charge in [-0.3, -0.25) is 13.3 Å². The maximum absolute atomic E-state index is 11.5. The lowest BCUT2D eigenvalue weighted by Gasteiger charge is -2.39. The van der Waals surface area contributed by atoms with E-state index < -0.39 is 11.3 Å². The van der Waals surface area contributed by atoms with Crippen molar-refractivity contribution in [2.75, 3.05) is 6.54 Å². The number of nitrogens with zero attached hydrogens (tertiary/aromatic N) is 1. The SMILES string of the molecule is C=C/C=C1/C=C(CNC(C)=O)[C@@H](C)N(S(=O)[O-])/C1=C/C. The standard InChI is InChI=1S/C14H20N2O3S/c1-5-7-12-8-13(9-15-11(4)17)10(3)16(20(18)19)14(12)6-2/h5-8,10H,1,9H2,2-4H3,(H,15,17)(H,18,19)/p-1/b12-7-,14-6+/t10-/m1/s1.